The monoisotopic (exact) mass is 232 g/mol. The highest BCUT2D eigenvalue weighted by Gasteiger charge is 2.12. The molecule has 0 bridgehead atoms. The number of nitrogens with one attached hydrogen (secondary N) is 1. The third-order valence-corrected chi connectivity index (χ3v) is 3.69. The molecule has 2 rings (SSSR count). The number of anilines is 1. The summed E-state index contributed by atoms with van der Waals surface area (Å²) in [6.07, 6.45) is 9.61. The van der Waals surface area contributed by atoms with Crippen molar-refractivity contribution in [1.82, 2.24) is 4.98 Å². The molecule has 1 saturated carbocycles. The summed E-state index contributed by atoms with van der Waals surface area (Å²) in [4.78, 5) is 4.52. The van der Waals surface area contributed by atoms with Gasteiger partial charge in [-0.25, -0.2) is 0 Å². The third-order valence-electron chi connectivity index (χ3n) is 3.69. The van der Waals surface area contributed by atoms with Crippen LogP contribution in [0.2, 0.25) is 0 Å². The van der Waals surface area contributed by atoms with Crippen molar-refractivity contribution in [2.24, 2.45) is 0 Å². The summed E-state index contributed by atoms with van der Waals surface area (Å²) >= 11 is 0. The Kier molecular flexibility index (Phi) is 4.41. The predicted molar refractivity (Wildman–Crippen MR) is 73.4 cm³/mol. The summed E-state index contributed by atoms with van der Waals surface area (Å²) in [7, 11) is 0. The maximum atomic E-state index is 4.52. The first-order valence-corrected chi connectivity index (χ1v) is 6.96. The molecule has 1 fully saturated rings. The van der Waals surface area contributed by atoms with E-state index in [1.807, 2.05) is 6.92 Å². The van der Waals surface area contributed by atoms with Crippen molar-refractivity contribution in [3.05, 3.63) is 23.5 Å². The fourth-order valence-electron chi connectivity index (χ4n) is 2.66. The highest BCUT2D eigenvalue weighted by molar-refractivity contribution is 5.48. The molecule has 17 heavy (non-hydrogen) atoms. The first-order chi connectivity index (χ1) is 8.25. The first-order valence-electron chi connectivity index (χ1n) is 6.96. The third kappa shape index (κ3) is 3.72. The fraction of sp³-hybridized carbons (Fsp3) is 0.667. The van der Waals surface area contributed by atoms with Gasteiger partial charge in [0.1, 0.15) is 0 Å². The van der Waals surface area contributed by atoms with E-state index in [-0.39, 0.29) is 0 Å². The molecule has 0 amide bonds. The molecule has 0 spiro atoms. The van der Waals surface area contributed by atoms with Crippen molar-refractivity contribution in [3.63, 3.8) is 0 Å². The summed E-state index contributed by atoms with van der Waals surface area (Å²) in [5, 5.41) is 3.68. The molecule has 1 aliphatic rings. The quantitative estimate of drug-likeness (QED) is 0.825. The van der Waals surface area contributed by atoms with Gasteiger partial charge in [-0.15, -0.1) is 0 Å². The number of hydrogen-bond donors (Lipinski definition) is 1. The van der Waals surface area contributed by atoms with Crippen LogP contribution in [0.4, 0.5) is 5.69 Å². The minimum Gasteiger partial charge on any atom is -0.381 e. The van der Waals surface area contributed by atoms with Gasteiger partial charge >= 0.3 is 0 Å². The normalized spacial score (nSPS) is 18.5. The Morgan fingerprint density at radius 2 is 1.65 bits per heavy atom. The fourth-order valence-corrected chi connectivity index (χ4v) is 2.66. The zero-order valence-electron chi connectivity index (χ0n) is 11.1. The van der Waals surface area contributed by atoms with E-state index >= 15 is 0 Å². The lowest BCUT2D eigenvalue weighted by molar-refractivity contribution is 0.471. The van der Waals surface area contributed by atoms with Gasteiger partial charge in [0.25, 0.3) is 0 Å². The number of pyridine rings is 1. The lowest BCUT2D eigenvalue weighted by atomic mass is 9.96. The molecule has 0 radical (unpaired) electrons. The van der Waals surface area contributed by atoms with Crippen molar-refractivity contribution in [3.8, 4) is 0 Å². The van der Waals surface area contributed by atoms with Gasteiger partial charge in [0.15, 0.2) is 0 Å². The molecular formula is C15H24N2. The maximum Gasteiger partial charge on any atom is 0.0606 e. The summed E-state index contributed by atoms with van der Waals surface area (Å²) in [5.41, 5.74) is 3.46. The average molecular weight is 232 g/mol. The van der Waals surface area contributed by atoms with E-state index in [9.17, 15) is 0 Å². The van der Waals surface area contributed by atoms with E-state index in [1.165, 1.54) is 50.6 Å². The van der Waals surface area contributed by atoms with Gasteiger partial charge in [-0.1, -0.05) is 32.1 Å². The second-order valence-electron chi connectivity index (χ2n) is 5.27. The van der Waals surface area contributed by atoms with E-state index < -0.39 is 0 Å². The van der Waals surface area contributed by atoms with Crippen LogP contribution in [-0.4, -0.2) is 11.0 Å². The van der Waals surface area contributed by atoms with Crippen molar-refractivity contribution < 1.29 is 0 Å². The smallest absolute Gasteiger partial charge is 0.0606 e. The number of aryl methyl sites for hydroxylation is 2. The first kappa shape index (κ1) is 12.4. The zero-order chi connectivity index (χ0) is 12.1. The molecule has 0 saturated heterocycles. The number of rotatable bonds is 2. The Morgan fingerprint density at radius 1 is 1.00 bits per heavy atom. The van der Waals surface area contributed by atoms with Gasteiger partial charge in [-0.2, -0.15) is 0 Å². The van der Waals surface area contributed by atoms with Crippen molar-refractivity contribution in [2.45, 2.75) is 64.8 Å². The Morgan fingerprint density at radius 3 is 2.29 bits per heavy atom. The molecule has 1 N–H and O–H groups in total. The van der Waals surface area contributed by atoms with E-state index in [0.717, 1.165) is 11.4 Å². The Labute approximate surface area is 105 Å². The lowest BCUT2D eigenvalue weighted by Gasteiger charge is -2.23. The lowest BCUT2D eigenvalue weighted by Crippen LogP contribution is -2.21. The van der Waals surface area contributed by atoms with Crippen LogP contribution in [0.15, 0.2) is 12.1 Å². The van der Waals surface area contributed by atoms with E-state index in [1.54, 1.807) is 0 Å². The molecule has 1 aromatic rings. The van der Waals surface area contributed by atoms with Crippen LogP contribution >= 0.6 is 0 Å². The van der Waals surface area contributed by atoms with Crippen LogP contribution in [0.5, 0.6) is 0 Å². The predicted octanol–water partition coefficient (Wildman–Crippen LogP) is 4.22. The average Bonchev–Trinajstić information content (AvgIpc) is 2.25. The van der Waals surface area contributed by atoms with Crippen molar-refractivity contribution in [2.75, 3.05) is 5.32 Å². The molecular weight excluding hydrogens is 208 g/mol. The van der Waals surface area contributed by atoms with Gasteiger partial charge in [-0.05, 0) is 38.8 Å². The number of aromatic nitrogens is 1. The molecule has 0 aliphatic heterocycles. The molecule has 0 aromatic carbocycles. The highest BCUT2D eigenvalue weighted by atomic mass is 14.9. The molecule has 1 aliphatic carbocycles. The van der Waals surface area contributed by atoms with E-state index in [2.05, 4.69) is 29.4 Å². The molecule has 0 atom stereocenters. The largest absolute Gasteiger partial charge is 0.381 e. The summed E-state index contributed by atoms with van der Waals surface area (Å²) in [5.74, 6) is 0. The zero-order valence-corrected chi connectivity index (χ0v) is 11.1. The Bertz CT molecular complexity index is 352. The highest BCUT2D eigenvalue weighted by Crippen LogP contribution is 2.22. The topological polar surface area (TPSA) is 24.9 Å². The van der Waals surface area contributed by atoms with Crippen LogP contribution < -0.4 is 5.32 Å². The van der Waals surface area contributed by atoms with Crippen molar-refractivity contribution in [1.29, 1.82) is 0 Å². The molecule has 0 unspecified atom stereocenters. The molecule has 1 aromatic heterocycles. The minimum absolute atomic E-state index is 0.651. The van der Waals surface area contributed by atoms with Gasteiger partial charge in [0.2, 0.25) is 0 Å². The van der Waals surface area contributed by atoms with Crippen LogP contribution in [0, 0.1) is 13.8 Å². The molecule has 1 heterocycles. The second kappa shape index (κ2) is 6.04. The SMILES string of the molecule is Cc1ccc(NC2CCCCCCC2)c(C)n1. The number of hydrogen-bond acceptors (Lipinski definition) is 2. The van der Waals surface area contributed by atoms with Crippen molar-refractivity contribution >= 4 is 5.69 Å². The Hall–Kier alpha value is -1.05. The van der Waals surface area contributed by atoms with Crippen LogP contribution in [-0.2, 0) is 0 Å². The molecule has 2 nitrogen and oxygen atoms in total. The van der Waals surface area contributed by atoms with E-state index in [0.29, 0.717) is 6.04 Å². The van der Waals surface area contributed by atoms with Crippen LogP contribution in [0.25, 0.3) is 0 Å². The molecule has 2 heteroatoms. The second-order valence-corrected chi connectivity index (χ2v) is 5.27. The summed E-state index contributed by atoms with van der Waals surface area (Å²) in [6.45, 7) is 4.14. The van der Waals surface area contributed by atoms with Gasteiger partial charge in [0.05, 0.1) is 11.4 Å². The van der Waals surface area contributed by atoms with Crippen LogP contribution in [0.1, 0.15) is 56.3 Å². The Balaban J connectivity index is 1.98. The summed E-state index contributed by atoms with van der Waals surface area (Å²) in [6, 6.07) is 4.92. The van der Waals surface area contributed by atoms with Gasteiger partial charge in [0, 0.05) is 11.7 Å². The minimum atomic E-state index is 0.651. The van der Waals surface area contributed by atoms with Crippen LogP contribution in [0.3, 0.4) is 0 Å². The van der Waals surface area contributed by atoms with Gasteiger partial charge in [-0.3, -0.25) is 4.98 Å². The summed E-state index contributed by atoms with van der Waals surface area (Å²) < 4.78 is 0. The standard InChI is InChI=1S/C15H24N2/c1-12-10-11-15(13(2)16-12)17-14-8-6-4-3-5-7-9-14/h10-11,14,17H,3-9H2,1-2H3. The number of nitrogens with zero attached hydrogens (tertiary/aromatic N) is 1. The maximum absolute atomic E-state index is 4.52. The molecule has 94 valence electrons. The van der Waals surface area contributed by atoms with E-state index in [4.69, 9.17) is 0 Å². The van der Waals surface area contributed by atoms with Gasteiger partial charge < -0.3 is 5.32 Å².